The van der Waals surface area contributed by atoms with Gasteiger partial charge in [0.1, 0.15) is 0 Å². The highest BCUT2D eigenvalue weighted by Crippen LogP contribution is 2.19. The van der Waals surface area contributed by atoms with E-state index in [1.165, 1.54) is 6.92 Å². The third kappa shape index (κ3) is 3.78. The van der Waals surface area contributed by atoms with Crippen LogP contribution in [0.4, 0.5) is 5.69 Å². The number of para-hydroxylation sites is 1. The third-order valence-electron chi connectivity index (χ3n) is 3.92. The molecule has 0 heterocycles. The molecule has 0 atom stereocenters. The first-order valence-electron chi connectivity index (χ1n) is 8.11. The first-order chi connectivity index (χ1) is 12.6. The third-order valence-corrected chi connectivity index (χ3v) is 3.92. The molecule has 0 aliphatic heterocycles. The summed E-state index contributed by atoms with van der Waals surface area (Å²) in [5, 5.41) is 4.28. The van der Waals surface area contributed by atoms with Crippen molar-refractivity contribution in [1.29, 1.82) is 0 Å². The summed E-state index contributed by atoms with van der Waals surface area (Å²) in [5.41, 5.74) is 1.20. The van der Waals surface area contributed by atoms with Gasteiger partial charge in [-0.15, -0.1) is 0 Å². The second-order valence-electron chi connectivity index (χ2n) is 5.75. The summed E-state index contributed by atoms with van der Waals surface area (Å²) < 4.78 is 5.13. The molecule has 0 aliphatic carbocycles. The fourth-order valence-electron chi connectivity index (χ4n) is 2.70. The van der Waals surface area contributed by atoms with Gasteiger partial charge in [-0.1, -0.05) is 48.5 Å². The number of carbonyl (C=O) groups excluding carboxylic acids is 3. The Balaban J connectivity index is 1.68. The van der Waals surface area contributed by atoms with Crippen molar-refractivity contribution in [3.05, 3.63) is 77.9 Å². The van der Waals surface area contributed by atoms with E-state index in [0.29, 0.717) is 16.8 Å². The molecule has 5 nitrogen and oxygen atoms in total. The molecular formula is C21H17NO4. The van der Waals surface area contributed by atoms with Crippen LogP contribution < -0.4 is 5.32 Å². The van der Waals surface area contributed by atoms with Crippen LogP contribution in [0.3, 0.4) is 0 Å². The van der Waals surface area contributed by atoms with E-state index in [1.54, 1.807) is 36.4 Å². The minimum Gasteiger partial charge on any atom is -0.452 e. The number of anilines is 1. The highest BCUT2D eigenvalue weighted by atomic mass is 16.5. The number of ketones is 1. The predicted octanol–water partition coefficient (Wildman–Crippen LogP) is 3.84. The maximum Gasteiger partial charge on any atom is 0.339 e. The monoisotopic (exact) mass is 347 g/mol. The van der Waals surface area contributed by atoms with Crippen molar-refractivity contribution in [2.45, 2.75) is 6.92 Å². The Morgan fingerprint density at radius 1 is 0.846 bits per heavy atom. The molecule has 0 fully saturated rings. The van der Waals surface area contributed by atoms with Gasteiger partial charge >= 0.3 is 5.97 Å². The predicted molar refractivity (Wildman–Crippen MR) is 99.3 cm³/mol. The minimum atomic E-state index is -0.572. The standard InChI is InChI=1S/C21H17NO4/c1-14(23)16-9-4-5-12-19(16)22-20(24)13-26-21(25)18-11-6-8-15-7-2-3-10-17(15)18/h2-12H,13H2,1H3,(H,22,24). The number of amides is 1. The summed E-state index contributed by atoms with van der Waals surface area (Å²) in [6, 6.07) is 19.5. The van der Waals surface area contributed by atoms with Crippen LogP contribution in [-0.4, -0.2) is 24.3 Å². The number of benzene rings is 3. The molecule has 0 spiro atoms. The van der Waals surface area contributed by atoms with Crippen LogP contribution in [0.1, 0.15) is 27.6 Å². The average Bonchev–Trinajstić information content (AvgIpc) is 2.66. The molecule has 0 unspecified atom stereocenters. The number of rotatable bonds is 5. The van der Waals surface area contributed by atoms with E-state index in [9.17, 15) is 14.4 Å². The number of hydrogen-bond donors (Lipinski definition) is 1. The largest absolute Gasteiger partial charge is 0.452 e. The first-order valence-corrected chi connectivity index (χ1v) is 8.11. The molecule has 0 saturated heterocycles. The zero-order chi connectivity index (χ0) is 18.5. The lowest BCUT2D eigenvalue weighted by molar-refractivity contribution is -0.119. The first kappa shape index (κ1) is 17.4. The zero-order valence-electron chi connectivity index (χ0n) is 14.2. The van der Waals surface area contributed by atoms with Gasteiger partial charge < -0.3 is 10.1 Å². The highest BCUT2D eigenvalue weighted by Gasteiger charge is 2.14. The average molecular weight is 347 g/mol. The van der Waals surface area contributed by atoms with Gasteiger partial charge in [0.25, 0.3) is 5.91 Å². The fourth-order valence-corrected chi connectivity index (χ4v) is 2.70. The molecule has 0 aliphatic rings. The topological polar surface area (TPSA) is 72.5 Å². The Kier molecular flexibility index (Phi) is 5.08. The number of ether oxygens (including phenoxy) is 1. The molecule has 130 valence electrons. The van der Waals surface area contributed by atoms with Crippen LogP contribution in [0.15, 0.2) is 66.7 Å². The second kappa shape index (κ2) is 7.61. The Morgan fingerprint density at radius 2 is 1.50 bits per heavy atom. The molecule has 0 radical (unpaired) electrons. The number of nitrogens with one attached hydrogen (secondary N) is 1. The maximum atomic E-state index is 12.3. The summed E-state index contributed by atoms with van der Waals surface area (Å²) in [6.45, 7) is 0.986. The summed E-state index contributed by atoms with van der Waals surface area (Å²) in [4.78, 5) is 36.0. The molecule has 3 rings (SSSR count). The SMILES string of the molecule is CC(=O)c1ccccc1NC(=O)COC(=O)c1cccc2ccccc12. The van der Waals surface area contributed by atoms with Crippen molar-refractivity contribution in [1.82, 2.24) is 0 Å². The van der Waals surface area contributed by atoms with Gasteiger partial charge in [-0.25, -0.2) is 4.79 Å². The zero-order valence-corrected chi connectivity index (χ0v) is 14.2. The Morgan fingerprint density at radius 3 is 2.31 bits per heavy atom. The Bertz CT molecular complexity index is 989. The van der Waals surface area contributed by atoms with Crippen LogP contribution in [0.5, 0.6) is 0 Å². The lowest BCUT2D eigenvalue weighted by Crippen LogP contribution is -2.22. The van der Waals surface area contributed by atoms with Crippen LogP contribution in [0, 0.1) is 0 Å². The van der Waals surface area contributed by atoms with Crippen molar-refractivity contribution in [2.24, 2.45) is 0 Å². The van der Waals surface area contributed by atoms with Crippen LogP contribution >= 0.6 is 0 Å². The molecule has 0 bridgehead atoms. The van der Waals surface area contributed by atoms with Gasteiger partial charge in [0, 0.05) is 5.56 Å². The normalized spacial score (nSPS) is 10.3. The van der Waals surface area contributed by atoms with E-state index in [4.69, 9.17) is 4.74 Å². The van der Waals surface area contributed by atoms with E-state index in [0.717, 1.165) is 10.8 Å². The second-order valence-corrected chi connectivity index (χ2v) is 5.75. The van der Waals surface area contributed by atoms with Crippen LogP contribution in [0.2, 0.25) is 0 Å². The molecule has 1 N–H and O–H groups in total. The molecule has 0 aromatic heterocycles. The van der Waals surface area contributed by atoms with Crippen molar-refractivity contribution in [3.63, 3.8) is 0 Å². The Hall–Kier alpha value is -3.47. The number of hydrogen-bond acceptors (Lipinski definition) is 4. The van der Waals surface area contributed by atoms with Gasteiger partial charge in [0.05, 0.1) is 11.3 Å². The molecule has 3 aromatic carbocycles. The summed E-state index contributed by atoms with van der Waals surface area (Å²) in [7, 11) is 0. The Labute approximate surface area is 150 Å². The van der Waals surface area contributed by atoms with E-state index >= 15 is 0 Å². The summed E-state index contributed by atoms with van der Waals surface area (Å²) in [6.07, 6.45) is 0. The van der Waals surface area contributed by atoms with Gasteiger partial charge in [-0.3, -0.25) is 9.59 Å². The number of fused-ring (bicyclic) bond motifs is 1. The van der Waals surface area contributed by atoms with Gasteiger partial charge in [0.2, 0.25) is 0 Å². The molecule has 1 amide bonds. The van der Waals surface area contributed by atoms with Gasteiger partial charge in [-0.2, -0.15) is 0 Å². The number of esters is 1. The van der Waals surface area contributed by atoms with Crippen molar-refractivity contribution < 1.29 is 19.1 Å². The lowest BCUT2D eigenvalue weighted by Gasteiger charge is -2.10. The van der Waals surface area contributed by atoms with E-state index < -0.39 is 18.5 Å². The van der Waals surface area contributed by atoms with Crippen molar-refractivity contribution in [3.8, 4) is 0 Å². The highest BCUT2D eigenvalue weighted by molar-refractivity contribution is 6.06. The minimum absolute atomic E-state index is 0.159. The smallest absolute Gasteiger partial charge is 0.339 e. The molecule has 0 saturated carbocycles. The molecule has 5 heteroatoms. The van der Waals surface area contributed by atoms with E-state index in [2.05, 4.69) is 5.32 Å². The lowest BCUT2D eigenvalue weighted by atomic mass is 10.1. The number of carbonyl (C=O) groups is 3. The molecular weight excluding hydrogens is 330 g/mol. The van der Waals surface area contributed by atoms with Crippen molar-refractivity contribution >= 4 is 34.1 Å². The van der Waals surface area contributed by atoms with Crippen LogP contribution in [-0.2, 0) is 9.53 Å². The quantitative estimate of drug-likeness (QED) is 0.562. The van der Waals surface area contributed by atoms with E-state index in [1.807, 2.05) is 30.3 Å². The number of Topliss-reactive ketones (excluding diaryl/α,β-unsaturated/α-hetero) is 1. The molecule has 26 heavy (non-hydrogen) atoms. The van der Waals surface area contributed by atoms with Crippen LogP contribution in [0.25, 0.3) is 10.8 Å². The van der Waals surface area contributed by atoms with Gasteiger partial charge in [0.15, 0.2) is 12.4 Å². The van der Waals surface area contributed by atoms with Gasteiger partial charge in [-0.05, 0) is 35.9 Å². The maximum absolute atomic E-state index is 12.3. The van der Waals surface area contributed by atoms with E-state index in [-0.39, 0.29) is 5.78 Å². The molecule has 3 aromatic rings. The summed E-state index contributed by atoms with van der Waals surface area (Å²) >= 11 is 0. The fraction of sp³-hybridized carbons (Fsp3) is 0.0952. The summed E-state index contributed by atoms with van der Waals surface area (Å²) in [5.74, 6) is -1.24. The van der Waals surface area contributed by atoms with Crippen molar-refractivity contribution in [2.75, 3.05) is 11.9 Å².